The predicted molar refractivity (Wildman–Crippen MR) is 64.1 cm³/mol. The Labute approximate surface area is 91.7 Å². The van der Waals surface area contributed by atoms with E-state index in [9.17, 15) is 0 Å². The maximum Gasteiger partial charge on any atom is 0.123 e. The van der Waals surface area contributed by atoms with E-state index >= 15 is 0 Å². The zero-order chi connectivity index (χ0) is 11.4. The van der Waals surface area contributed by atoms with Crippen molar-refractivity contribution in [2.45, 2.75) is 26.3 Å². The van der Waals surface area contributed by atoms with Crippen LogP contribution in [0.2, 0.25) is 0 Å². The van der Waals surface area contributed by atoms with E-state index in [4.69, 9.17) is 10.5 Å². The van der Waals surface area contributed by atoms with Gasteiger partial charge in [-0.15, -0.1) is 6.58 Å². The van der Waals surface area contributed by atoms with Crippen molar-refractivity contribution in [1.29, 1.82) is 0 Å². The summed E-state index contributed by atoms with van der Waals surface area (Å²) in [7, 11) is 1.67. The highest BCUT2D eigenvalue weighted by molar-refractivity contribution is 5.39. The van der Waals surface area contributed by atoms with E-state index in [1.165, 1.54) is 5.56 Å². The molecule has 0 aromatic heterocycles. The van der Waals surface area contributed by atoms with Crippen LogP contribution in [-0.4, -0.2) is 7.11 Å². The lowest BCUT2D eigenvalue weighted by molar-refractivity contribution is 0.405. The molecule has 0 spiro atoms. The lowest BCUT2D eigenvalue weighted by Gasteiger charge is -2.16. The van der Waals surface area contributed by atoms with Gasteiger partial charge >= 0.3 is 0 Å². The first kappa shape index (κ1) is 11.8. The Hall–Kier alpha value is -1.28. The SMILES string of the molecule is C=C(C)CC(N)c1ccc(C)cc1OC. The third kappa shape index (κ3) is 3.10. The highest BCUT2D eigenvalue weighted by Crippen LogP contribution is 2.28. The molecule has 0 saturated carbocycles. The fourth-order valence-electron chi connectivity index (χ4n) is 1.61. The van der Waals surface area contributed by atoms with Crippen molar-refractivity contribution in [1.82, 2.24) is 0 Å². The van der Waals surface area contributed by atoms with Crippen LogP contribution in [0.25, 0.3) is 0 Å². The standard InChI is InChI=1S/C13H19NO/c1-9(2)7-12(14)11-6-5-10(3)8-13(11)15-4/h5-6,8,12H,1,7,14H2,2-4H3. The maximum atomic E-state index is 6.08. The molecule has 2 nitrogen and oxygen atoms in total. The van der Waals surface area contributed by atoms with Gasteiger partial charge in [-0.2, -0.15) is 0 Å². The van der Waals surface area contributed by atoms with Gasteiger partial charge in [0, 0.05) is 11.6 Å². The van der Waals surface area contributed by atoms with Gasteiger partial charge in [-0.05, 0) is 31.9 Å². The zero-order valence-corrected chi connectivity index (χ0v) is 9.71. The van der Waals surface area contributed by atoms with Crippen molar-refractivity contribution in [2.24, 2.45) is 5.73 Å². The Kier molecular flexibility index (Phi) is 3.92. The van der Waals surface area contributed by atoms with E-state index < -0.39 is 0 Å². The van der Waals surface area contributed by atoms with Gasteiger partial charge in [0.15, 0.2) is 0 Å². The highest BCUT2D eigenvalue weighted by atomic mass is 16.5. The third-order valence-corrected chi connectivity index (χ3v) is 2.36. The minimum atomic E-state index is -0.0296. The van der Waals surface area contributed by atoms with Crippen LogP contribution in [0.5, 0.6) is 5.75 Å². The second-order valence-corrected chi connectivity index (χ2v) is 4.01. The molecule has 0 aliphatic heterocycles. The Morgan fingerprint density at radius 1 is 1.53 bits per heavy atom. The Morgan fingerprint density at radius 3 is 2.73 bits per heavy atom. The van der Waals surface area contributed by atoms with Crippen molar-refractivity contribution in [3.63, 3.8) is 0 Å². The van der Waals surface area contributed by atoms with E-state index in [2.05, 4.69) is 12.6 Å². The van der Waals surface area contributed by atoms with Crippen LogP contribution in [0, 0.1) is 6.92 Å². The topological polar surface area (TPSA) is 35.2 Å². The summed E-state index contributed by atoms with van der Waals surface area (Å²) in [6, 6.07) is 6.06. The summed E-state index contributed by atoms with van der Waals surface area (Å²) in [4.78, 5) is 0. The molecule has 0 bridgehead atoms. The third-order valence-electron chi connectivity index (χ3n) is 2.36. The number of benzene rings is 1. The summed E-state index contributed by atoms with van der Waals surface area (Å²) in [6.45, 7) is 7.90. The van der Waals surface area contributed by atoms with E-state index in [0.29, 0.717) is 0 Å². The largest absolute Gasteiger partial charge is 0.496 e. The van der Waals surface area contributed by atoms with Crippen molar-refractivity contribution < 1.29 is 4.74 Å². The van der Waals surface area contributed by atoms with Crippen molar-refractivity contribution >= 4 is 0 Å². The molecule has 2 heteroatoms. The van der Waals surface area contributed by atoms with Gasteiger partial charge in [0.25, 0.3) is 0 Å². The summed E-state index contributed by atoms with van der Waals surface area (Å²) in [6.07, 6.45) is 0.791. The molecule has 0 radical (unpaired) electrons. The van der Waals surface area contributed by atoms with E-state index in [0.717, 1.165) is 23.3 Å². The number of rotatable bonds is 4. The Morgan fingerprint density at radius 2 is 2.20 bits per heavy atom. The number of ether oxygens (including phenoxy) is 1. The van der Waals surface area contributed by atoms with Crippen LogP contribution in [0.1, 0.15) is 30.5 Å². The predicted octanol–water partition coefficient (Wildman–Crippen LogP) is 2.97. The number of methoxy groups -OCH3 is 1. The number of hydrogen-bond donors (Lipinski definition) is 1. The lowest BCUT2D eigenvalue weighted by atomic mass is 9.99. The molecule has 0 amide bonds. The fourth-order valence-corrected chi connectivity index (χ4v) is 1.61. The van der Waals surface area contributed by atoms with Crippen LogP contribution < -0.4 is 10.5 Å². The van der Waals surface area contributed by atoms with Crippen molar-refractivity contribution in [2.75, 3.05) is 7.11 Å². The van der Waals surface area contributed by atoms with Gasteiger partial charge in [0.05, 0.1) is 7.11 Å². The summed E-state index contributed by atoms with van der Waals surface area (Å²) in [5.41, 5.74) is 9.40. The molecule has 0 heterocycles. The summed E-state index contributed by atoms with van der Waals surface area (Å²) < 4.78 is 5.32. The number of aryl methyl sites for hydroxylation is 1. The molecule has 0 saturated heterocycles. The second-order valence-electron chi connectivity index (χ2n) is 4.01. The molecular formula is C13H19NO. The van der Waals surface area contributed by atoms with Crippen LogP contribution in [0.15, 0.2) is 30.4 Å². The molecule has 15 heavy (non-hydrogen) atoms. The second kappa shape index (κ2) is 4.99. The first-order valence-corrected chi connectivity index (χ1v) is 5.09. The lowest BCUT2D eigenvalue weighted by Crippen LogP contribution is -2.11. The molecule has 0 aliphatic carbocycles. The zero-order valence-electron chi connectivity index (χ0n) is 9.71. The molecule has 0 fully saturated rings. The normalized spacial score (nSPS) is 12.3. The van der Waals surface area contributed by atoms with Gasteiger partial charge < -0.3 is 10.5 Å². The first-order valence-electron chi connectivity index (χ1n) is 5.09. The van der Waals surface area contributed by atoms with Gasteiger partial charge in [-0.1, -0.05) is 17.7 Å². The quantitative estimate of drug-likeness (QED) is 0.767. The van der Waals surface area contributed by atoms with Crippen molar-refractivity contribution in [3.8, 4) is 5.75 Å². The average Bonchev–Trinajstić information content (AvgIpc) is 2.16. The van der Waals surface area contributed by atoms with E-state index in [1.54, 1.807) is 7.11 Å². The molecule has 1 atom stereocenters. The summed E-state index contributed by atoms with van der Waals surface area (Å²) >= 11 is 0. The van der Waals surface area contributed by atoms with Gasteiger partial charge in [-0.3, -0.25) is 0 Å². The van der Waals surface area contributed by atoms with E-state index in [-0.39, 0.29) is 6.04 Å². The molecule has 1 aromatic rings. The van der Waals surface area contributed by atoms with Gasteiger partial charge in [-0.25, -0.2) is 0 Å². The minimum Gasteiger partial charge on any atom is -0.496 e. The molecule has 82 valence electrons. The fraction of sp³-hybridized carbons (Fsp3) is 0.385. The maximum absolute atomic E-state index is 6.08. The van der Waals surface area contributed by atoms with E-state index in [1.807, 2.05) is 26.0 Å². The molecule has 1 rings (SSSR count). The van der Waals surface area contributed by atoms with Crippen LogP contribution >= 0.6 is 0 Å². The molecule has 2 N–H and O–H groups in total. The van der Waals surface area contributed by atoms with Gasteiger partial charge in [0.1, 0.15) is 5.75 Å². The smallest absolute Gasteiger partial charge is 0.123 e. The first-order chi connectivity index (χ1) is 7.04. The van der Waals surface area contributed by atoms with Crippen LogP contribution in [-0.2, 0) is 0 Å². The average molecular weight is 205 g/mol. The Bertz CT molecular complexity index is 358. The molecular weight excluding hydrogens is 186 g/mol. The monoisotopic (exact) mass is 205 g/mol. The molecule has 1 aromatic carbocycles. The van der Waals surface area contributed by atoms with Gasteiger partial charge in [0.2, 0.25) is 0 Å². The number of nitrogens with two attached hydrogens (primary N) is 1. The van der Waals surface area contributed by atoms with Crippen LogP contribution in [0.4, 0.5) is 0 Å². The Balaban J connectivity index is 2.97. The molecule has 0 aliphatic rings. The highest BCUT2D eigenvalue weighted by Gasteiger charge is 2.11. The van der Waals surface area contributed by atoms with Crippen LogP contribution in [0.3, 0.4) is 0 Å². The summed E-state index contributed by atoms with van der Waals surface area (Å²) in [5.74, 6) is 0.865. The minimum absolute atomic E-state index is 0.0296. The molecule has 1 unspecified atom stereocenters. The van der Waals surface area contributed by atoms with Crippen molar-refractivity contribution in [3.05, 3.63) is 41.5 Å². The summed E-state index contributed by atoms with van der Waals surface area (Å²) in [5, 5.41) is 0. The number of hydrogen-bond acceptors (Lipinski definition) is 2.